The van der Waals surface area contributed by atoms with Crippen LogP contribution in [0.1, 0.15) is 17.5 Å². The second-order valence-corrected chi connectivity index (χ2v) is 5.98. The highest BCUT2D eigenvalue weighted by molar-refractivity contribution is 6.02. The number of hydrazone groups is 1. The topological polar surface area (TPSA) is 35.9 Å². The highest BCUT2D eigenvalue weighted by Gasteiger charge is 2.22. The molecule has 0 atom stereocenters. The average Bonchev–Trinajstić information content (AvgIpc) is 3.08. The summed E-state index contributed by atoms with van der Waals surface area (Å²) in [6, 6.07) is 16.3. The minimum atomic E-state index is -0.252. The molecule has 0 N–H and O–H groups in total. The fraction of sp³-hybridized carbons (Fsp3) is 0.263. The molecule has 0 saturated carbocycles. The van der Waals surface area contributed by atoms with E-state index in [2.05, 4.69) is 5.10 Å². The quantitative estimate of drug-likeness (QED) is 0.847. The van der Waals surface area contributed by atoms with Crippen LogP contribution in [0.3, 0.4) is 0 Å². The van der Waals surface area contributed by atoms with Gasteiger partial charge >= 0.3 is 0 Å². The Morgan fingerprint density at radius 1 is 1.17 bits per heavy atom. The van der Waals surface area contributed by atoms with Crippen molar-refractivity contribution in [1.82, 2.24) is 9.91 Å². The van der Waals surface area contributed by atoms with E-state index in [1.165, 1.54) is 12.1 Å². The van der Waals surface area contributed by atoms with E-state index in [9.17, 15) is 9.18 Å². The fourth-order valence-electron chi connectivity index (χ4n) is 2.74. The van der Waals surface area contributed by atoms with Crippen LogP contribution in [0.25, 0.3) is 0 Å². The number of amides is 1. The number of nitrogens with zero attached hydrogens (tertiary/aromatic N) is 3. The monoisotopic (exact) mass is 325 g/mol. The Morgan fingerprint density at radius 2 is 1.88 bits per heavy atom. The third kappa shape index (κ3) is 4.06. The molecule has 0 aromatic heterocycles. The zero-order chi connectivity index (χ0) is 16.9. The van der Waals surface area contributed by atoms with Gasteiger partial charge in [0.05, 0.1) is 18.8 Å². The van der Waals surface area contributed by atoms with Gasteiger partial charge in [0.25, 0.3) is 5.91 Å². The summed E-state index contributed by atoms with van der Waals surface area (Å²) in [7, 11) is 1.87. The minimum Gasteiger partial charge on any atom is -0.293 e. The van der Waals surface area contributed by atoms with E-state index in [-0.39, 0.29) is 18.3 Å². The smallest absolute Gasteiger partial charge is 0.256 e. The zero-order valence-corrected chi connectivity index (χ0v) is 13.7. The van der Waals surface area contributed by atoms with Gasteiger partial charge in [-0.25, -0.2) is 9.40 Å². The Morgan fingerprint density at radius 3 is 2.58 bits per heavy atom. The van der Waals surface area contributed by atoms with E-state index in [0.29, 0.717) is 13.1 Å². The van der Waals surface area contributed by atoms with Gasteiger partial charge in [0.1, 0.15) is 5.82 Å². The van der Waals surface area contributed by atoms with Crippen molar-refractivity contribution in [3.05, 3.63) is 71.5 Å². The first kappa shape index (κ1) is 16.3. The highest BCUT2D eigenvalue weighted by atomic mass is 19.1. The molecule has 0 bridgehead atoms. The predicted molar refractivity (Wildman–Crippen MR) is 92.0 cm³/mol. The zero-order valence-electron chi connectivity index (χ0n) is 13.7. The van der Waals surface area contributed by atoms with Gasteiger partial charge in [0, 0.05) is 13.0 Å². The Labute approximate surface area is 141 Å². The summed E-state index contributed by atoms with van der Waals surface area (Å²) >= 11 is 0. The maximum Gasteiger partial charge on any atom is 0.256 e. The Hall–Kier alpha value is -2.53. The van der Waals surface area contributed by atoms with Crippen LogP contribution < -0.4 is 0 Å². The van der Waals surface area contributed by atoms with Crippen molar-refractivity contribution in [2.45, 2.75) is 13.0 Å². The van der Waals surface area contributed by atoms with E-state index in [4.69, 9.17) is 0 Å². The lowest BCUT2D eigenvalue weighted by Gasteiger charge is -2.19. The maximum atomic E-state index is 12.9. The summed E-state index contributed by atoms with van der Waals surface area (Å²) in [6.07, 6.45) is 0.775. The van der Waals surface area contributed by atoms with Crippen molar-refractivity contribution in [1.29, 1.82) is 0 Å². The van der Waals surface area contributed by atoms with Crippen LogP contribution in [0.5, 0.6) is 0 Å². The van der Waals surface area contributed by atoms with Crippen molar-refractivity contribution >= 4 is 11.6 Å². The van der Waals surface area contributed by atoms with Crippen LogP contribution in [-0.4, -0.2) is 41.7 Å². The first-order valence-electron chi connectivity index (χ1n) is 7.98. The summed E-state index contributed by atoms with van der Waals surface area (Å²) < 4.78 is 12.9. The molecule has 0 unspecified atom stereocenters. The van der Waals surface area contributed by atoms with Gasteiger partial charge in [-0.15, -0.1) is 0 Å². The molecule has 1 amide bonds. The van der Waals surface area contributed by atoms with Crippen LogP contribution in [0.15, 0.2) is 59.7 Å². The SMILES string of the molecule is CN(CC(=O)N1CCC(c2ccccc2)=N1)Cc1ccc(F)cc1. The first-order valence-corrected chi connectivity index (χ1v) is 7.98. The largest absolute Gasteiger partial charge is 0.293 e. The van der Waals surface area contributed by atoms with Crippen molar-refractivity contribution in [2.24, 2.45) is 5.10 Å². The van der Waals surface area contributed by atoms with Crippen molar-refractivity contribution in [3.8, 4) is 0 Å². The first-order chi connectivity index (χ1) is 11.6. The van der Waals surface area contributed by atoms with Crippen LogP contribution in [0.2, 0.25) is 0 Å². The maximum absolute atomic E-state index is 12.9. The van der Waals surface area contributed by atoms with Crippen molar-refractivity contribution < 1.29 is 9.18 Å². The van der Waals surface area contributed by atoms with E-state index in [1.807, 2.05) is 42.3 Å². The molecule has 4 nitrogen and oxygen atoms in total. The molecule has 0 fully saturated rings. The minimum absolute atomic E-state index is 0.0226. The molecule has 1 heterocycles. The lowest BCUT2D eigenvalue weighted by molar-refractivity contribution is -0.131. The Kier molecular flexibility index (Phi) is 5.01. The summed E-state index contributed by atoms with van der Waals surface area (Å²) in [5.41, 5.74) is 2.99. The van der Waals surface area contributed by atoms with Gasteiger partial charge in [0.15, 0.2) is 0 Å². The molecule has 2 aromatic rings. The number of rotatable bonds is 5. The predicted octanol–water partition coefficient (Wildman–Crippen LogP) is 2.89. The van der Waals surface area contributed by atoms with Gasteiger partial charge in [0.2, 0.25) is 0 Å². The highest BCUT2D eigenvalue weighted by Crippen LogP contribution is 2.14. The van der Waals surface area contributed by atoms with E-state index >= 15 is 0 Å². The standard InChI is InChI=1S/C19H20FN3O/c1-22(13-15-7-9-17(20)10-8-15)14-19(24)23-12-11-18(21-23)16-5-3-2-4-6-16/h2-10H,11-14H2,1H3. The number of halogens is 1. The molecule has 0 aliphatic carbocycles. The lowest BCUT2D eigenvalue weighted by Crippen LogP contribution is -2.34. The number of carbonyl (C=O) groups is 1. The van der Waals surface area contributed by atoms with Gasteiger partial charge < -0.3 is 0 Å². The molecule has 124 valence electrons. The molecular formula is C19H20FN3O. The van der Waals surface area contributed by atoms with E-state index in [0.717, 1.165) is 23.3 Å². The summed E-state index contributed by atoms with van der Waals surface area (Å²) in [6.45, 7) is 1.49. The second kappa shape index (κ2) is 7.36. The molecular weight excluding hydrogens is 305 g/mol. The molecule has 0 spiro atoms. The fourth-order valence-corrected chi connectivity index (χ4v) is 2.74. The molecule has 24 heavy (non-hydrogen) atoms. The molecule has 0 saturated heterocycles. The van der Waals surface area contributed by atoms with Crippen molar-refractivity contribution in [2.75, 3.05) is 20.1 Å². The number of hydrogen-bond acceptors (Lipinski definition) is 3. The number of carbonyl (C=O) groups excluding carboxylic acids is 1. The van der Waals surface area contributed by atoms with E-state index in [1.54, 1.807) is 17.1 Å². The second-order valence-electron chi connectivity index (χ2n) is 5.98. The van der Waals surface area contributed by atoms with Gasteiger partial charge in [-0.3, -0.25) is 9.69 Å². The normalized spacial score (nSPS) is 14.1. The summed E-state index contributed by atoms with van der Waals surface area (Å²) in [5.74, 6) is -0.275. The molecule has 0 radical (unpaired) electrons. The van der Waals surface area contributed by atoms with Crippen LogP contribution in [-0.2, 0) is 11.3 Å². The van der Waals surface area contributed by atoms with Gasteiger partial charge in [-0.2, -0.15) is 5.10 Å². The molecule has 5 heteroatoms. The van der Waals surface area contributed by atoms with Gasteiger partial charge in [-0.1, -0.05) is 42.5 Å². The number of benzene rings is 2. The molecule has 3 rings (SSSR count). The Bertz CT molecular complexity index is 728. The summed E-state index contributed by atoms with van der Waals surface area (Å²) in [4.78, 5) is 14.3. The lowest BCUT2D eigenvalue weighted by atomic mass is 10.1. The van der Waals surface area contributed by atoms with Gasteiger partial charge in [-0.05, 0) is 30.3 Å². The van der Waals surface area contributed by atoms with Crippen LogP contribution in [0.4, 0.5) is 4.39 Å². The molecule has 2 aromatic carbocycles. The van der Waals surface area contributed by atoms with Crippen LogP contribution >= 0.6 is 0 Å². The number of hydrogen-bond donors (Lipinski definition) is 0. The van der Waals surface area contributed by atoms with Crippen LogP contribution in [0, 0.1) is 5.82 Å². The van der Waals surface area contributed by atoms with E-state index < -0.39 is 0 Å². The third-order valence-electron chi connectivity index (χ3n) is 3.97. The summed E-state index contributed by atoms with van der Waals surface area (Å²) in [5, 5.41) is 6.00. The van der Waals surface area contributed by atoms with Crippen molar-refractivity contribution in [3.63, 3.8) is 0 Å². The third-order valence-corrected chi connectivity index (χ3v) is 3.97. The molecule has 1 aliphatic rings. The molecule has 1 aliphatic heterocycles. The number of likely N-dealkylation sites (N-methyl/N-ethyl adjacent to an activating group) is 1. The Balaban J connectivity index is 1.57. The average molecular weight is 325 g/mol.